The Balaban J connectivity index is 1.55. The van der Waals surface area contributed by atoms with Crippen molar-refractivity contribution in [3.63, 3.8) is 0 Å². The fraction of sp³-hybridized carbons (Fsp3) is 0.409. The number of pyridine rings is 1. The van der Waals surface area contributed by atoms with E-state index in [0.717, 1.165) is 18.7 Å². The van der Waals surface area contributed by atoms with Crippen molar-refractivity contribution in [2.24, 2.45) is 11.8 Å². The monoisotopic (exact) mass is 409 g/mol. The smallest absolute Gasteiger partial charge is 0.247 e. The number of rotatable bonds is 7. The molecule has 8 nitrogen and oxygen atoms in total. The molecule has 8 heteroatoms. The molecule has 3 unspecified atom stereocenters. The van der Waals surface area contributed by atoms with Crippen LogP contribution in [-0.4, -0.2) is 61.1 Å². The number of likely N-dealkylation sites (tertiary alicyclic amines) is 1. The molecule has 0 bridgehead atoms. The van der Waals surface area contributed by atoms with E-state index in [-0.39, 0.29) is 29.7 Å². The molecule has 3 heterocycles. The van der Waals surface area contributed by atoms with E-state index in [1.54, 1.807) is 30.6 Å². The Morgan fingerprint density at radius 2 is 2.07 bits per heavy atom. The van der Waals surface area contributed by atoms with Crippen molar-refractivity contribution in [1.82, 2.24) is 15.3 Å². The summed E-state index contributed by atoms with van der Waals surface area (Å²) < 4.78 is 5.17. The molecule has 2 saturated heterocycles. The number of nitrogens with zero attached hydrogens (tertiary/aromatic N) is 3. The van der Waals surface area contributed by atoms with Gasteiger partial charge in [0.15, 0.2) is 0 Å². The van der Waals surface area contributed by atoms with E-state index < -0.39 is 0 Å². The predicted octanol–water partition coefficient (Wildman–Crippen LogP) is 1.52. The first-order chi connectivity index (χ1) is 14.7. The fourth-order valence-corrected chi connectivity index (χ4v) is 4.24. The highest BCUT2D eigenvalue weighted by Gasteiger charge is 2.50. The molecular weight excluding hydrogens is 382 g/mol. The maximum Gasteiger partial charge on any atom is 0.247 e. The van der Waals surface area contributed by atoms with Gasteiger partial charge in [-0.2, -0.15) is 0 Å². The summed E-state index contributed by atoms with van der Waals surface area (Å²) in [5.41, 5.74) is 4.76. The van der Waals surface area contributed by atoms with Gasteiger partial charge in [-0.15, -0.1) is 0 Å². The summed E-state index contributed by atoms with van der Waals surface area (Å²) in [5, 5.41) is 4.55. The van der Waals surface area contributed by atoms with Gasteiger partial charge in [0.05, 0.1) is 35.4 Å². The lowest BCUT2D eigenvalue weighted by Crippen LogP contribution is -2.56. The number of piperidine rings is 1. The second-order valence-corrected chi connectivity index (χ2v) is 7.71. The number of nitrogens with one attached hydrogen (secondary N) is 2. The molecule has 3 atom stereocenters. The normalized spacial score (nSPS) is 24.0. The molecule has 30 heavy (non-hydrogen) atoms. The Morgan fingerprint density at radius 1 is 1.23 bits per heavy atom. The highest BCUT2D eigenvalue weighted by Crippen LogP contribution is 2.32. The van der Waals surface area contributed by atoms with Crippen molar-refractivity contribution >= 4 is 23.2 Å². The molecule has 1 aromatic carbocycles. The molecule has 0 saturated carbocycles. The van der Waals surface area contributed by atoms with Gasteiger partial charge in [0.1, 0.15) is 0 Å². The minimum absolute atomic E-state index is 0.00168. The second kappa shape index (κ2) is 9.34. The third-order valence-electron chi connectivity index (χ3n) is 5.70. The minimum Gasteiger partial charge on any atom is -0.385 e. The number of methoxy groups -OCH3 is 1. The van der Waals surface area contributed by atoms with Crippen LogP contribution in [0.5, 0.6) is 0 Å². The van der Waals surface area contributed by atoms with E-state index >= 15 is 0 Å². The zero-order valence-corrected chi connectivity index (χ0v) is 17.0. The van der Waals surface area contributed by atoms with Crippen LogP contribution in [0.4, 0.5) is 11.4 Å². The fourth-order valence-electron chi connectivity index (χ4n) is 4.24. The molecule has 0 radical (unpaired) electrons. The highest BCUT2D eigenvalue weighted by atomic mass is 16.5. The number of para-hydroxylation sites is 1. The van der Waals surface area contributed by atoms with E-state index in [9.17, 15) is 9.59 Å². The van der Waals surface area contributed by atoms with Crippen molar-refractivity contribution in [3.8, 4) is 0 Å². The minimum atomic E-state index is -0.371. The van der Waals surface area contributed by atoms with Crippen molar-refractivity contribution in [3.05, 3.63) is 54.9 Å². The Kier molecular flexibility index (Phi) is 6.37. The molecular formula is C22H27N5O3. The maximum absolute atomic E-state index is 13.2. The summed E-state index contributed by atoms with van der Waals surface area (Å²) in [5.74, 6) is -0.762. The van der Waals surface area contributed by atoms with Crippen LogP contribution in [-0.2, 0) is 14.3 Å². The molecule has 0 spiro atoms. The van der Waals surface area contributed by atoms with Crippen LogP contribution in [0.1, 0.15) is 6.42 Å². The van der Waals surface area contributed by atoms with Gasteiger partial charge in [0, 0.05) is 39.5 Å². The van der Waals surface area contributed by atoms with E-state index in [2.05, 4.69) is 20.6 Å². The van der Waals surface area contributed by atoms with Crippen molar-refractivity contribution in [2.45, 2.75) is 12.5 Å². The molecule has 2 fully saturated rings. The number of ether oxygens (including phenoxy) is 1. The summed E-state index contributed by atoms with van der Waals surface area (Å²) in [6, 6.07) is 12.8. The van der Waals surface area contributed by atoms with Crippen LogP contribution < -0.4 is 15.8 Å². The number of hydrazine groups is 1. The largest absolute Gasteiger partial charge is 0.385 e. The molecule has 2 aliphatic rings. The van der Waals surface area contributed by atoms with E-state index in [0.29, 0.717) is 25.4 Å². The lowest BCUT2D eigenvalue weighted by molar-refractivity contribution is -0.126. The van der Waals surface area contributed by atoms with Crippen LogP contribution in [0, 0.1) is 11.8 Å². The summed E-state index contributed by atoms with van der Waals surface area (Å²) in [4.78, 5) is 32.6. The summed E-state index contributed by atoms with van der Waals surface area (Å²) in [6.07, 6.45) is 4.14. The Bertz CT molecular complexity index is 864. The molecule has 2 aromatic rings. The van der Waals surface area contributed by atoms with Gasteiger partial charge < -0.3 is 15.0 Å². The molecule has 2 amide bonds. The van der Waals surface area contributed by atoms with Gasteiger partial charge in [-0.3, -0.25) is 14.6 Å². The Hall–Kier alpha value is -2.81. The van der Waals surface area contributed by atoms with E-state index in [4.69, 9.17) is 4.74 Å². The maximum atomic E-state index is 13.2. The van der Waals surface area contributed by atoms with Gasteiger partial charge >= 0.3 is 0 Å². The van der Waals surface area contributed by atoms with Crippen molar-refractivity contribution < 1.29 is 14.3 Å². The predicted molar refractivity (Wildman–Crippen MR) is 114 cm³/mol. The SMILES string of the molecule is COCCCN1CC(C(=O)Nc2cccnc2)C2NN(c3ccccc3)C(=O)C2C1. The number of hydrogen-bond acceptors (Lipinski definition) is 6. The van der Waals surface area contributed by atoms with Gasteiger partial charge in [0.25, 0.3) is 0 Å². The van der Waals surface area contributed by atoms with E-state index in [1.165, 1.54) is 0 Å². The number of fused-ring (bicyclic) bond motifs is 1. The molecule has 4 rings (SSSR count). The number of hydrogen-bond donors (Lipinski definition) is 2. The first kappa shape index (κ1) is 20.5. The quantitative estimate of drug-likeness (QED) is 0.675. The third kappa shape index (κ3) is 4.35. The molecule has 2 aliphatic heterocycles. The number of aromatic nitrogens is 1. The second-order valence-electron chi connectivity index (χ2n) is 7.71. The number of carbonyl (C=O) groups excluding carboxylic acids is 2. The Labute approximate surface area is 176 Å². The Morgan fingerprint density at radius 3 is 2.80 bits per heavy atom. The van der Waals surface area contributed by atoms with Gasteiger partial charge in [-0.05, 0) is 30.7 Å². The summed E-state index contributed by atoms with van der Waals surface area (Å²) in [6.45, 7) is 2.64. The molecule has 158 valence electrons. The van der Waals surface area contributed by atoms with E-state index in [1.807, 2.05) is 36.4 Å². The zero-order chi connectivity index (χ0) is 20.9. The average molecular weight is 409 g/mol. The highest BCUT2D eigenvalue weighted by molar-refractivity contribution is 5.99. The number of benzene rings is 1. The zero-order valence-electron chi connectivity index (χ0n) is 17.0. The lowest BCUT2D eigenvalue weighted by Gasteiger charge is -2.38. The van der Waals surface area contributed by atoms with Crippen molar-refractivity contribution in [1.29, 1.82) is 0 Å². The molecule has 0 aliphatic carbocycles. The molecule has 1 aromatic heterocycles. The van der Waals surface area contributed by atoms with Gasteiger partial charge in [0.2, 0.25) is 11.8 Å². The topological polar surface area (TPSA) is 86.8 Å². The standard InChI is InChI=1S/C22H27N5O3/c1-30-12-6-11-26-14-18(21(28)24-16-7-5-10-23-13-16)20-19(15-26)22(29)27(25-20)17-8-3-2-4-9-17/h2-5,7-10,13,18-20,25H,6,11-12,14-15H2,1H3,(H,24,28). The van der Waals surface area contributed by atoms with Gasteiger partial charge in [-0.25, -0.2) is 10.4 Å². The summed E-state index contributed by atoms with van der Waals surface area (Å²) in [7, 11) is 1.68. The van der Waals surface area contributed by atoms with Crippen molar-refractivity contribution in [2.75, 3.05) is 43.7 Å². The average Bonchev–Trinajstić information content (AvgIpc) is 3.11. The van der Waals surface area contributed by atoms with Crippen LogP contribution in [0.15, 0.2) is 54.9 Å². The first-order valence-electron chi connectivity index (χ1n) is 10.2. The third-order valence-corrected chi connectivity index (χ3v) is 5.70. The van der Waals surface area contributed by atoms with Crippen LogP contribution in [0.25, 0.3) is 0 Å². The number of amides is 2. The summed E-state index contributed by atoms with van der Waals surface area (Å²) >= 11 is 0. The first-order valence-corrected chi connectivity index (χ1v) is 10.2. The van der Waals surface area contributed by atoms with Gasteiger partial charge in [-0.1, -0.05) is 18.2 Å². The number of carbonyl (C=O) groups is 2. The van der Waals surface area contributed by atoms with Crippen LogP contribution >= 0.6 is 0 Å². The van der Waals surface area contributed by atoms with Crippen LogP contribution in [0.3, 0.4) is 0 Å². The number of anilines is 2. The lowest BCUT2D eigenvalue weighted by atomic mass is 9.84. The van der Waals surface area contributed by atoms with Crippen LogP contribution in [0.2, 0.25) is 0 Å². The molecule has 2 N–H and O–H groups in total.